The van der Waals surface area contributed by atoms with Crippen molar-refractivity contribution < 1.29 is 4.79 Å². The number of anilines is 2. The van der Waals surface area contributed by atoms with Gasteiger partial charge in [-0.15, -0.1) is 0 Å². The molecule has 0 bridgehead atoms. The van der Waals surface area contributed by atoms with E-state index in [2.05, 4.69) is 32.1 Å². The summed E-state index contributed by atoms with van der Waals surface area (Å²) in [5, 5.41) is 2.89. The first-order chi connectivity index (χ1) is 11.5. The molecule has 24 heavy (non-hydrogen) atoms. The van der Waals surface area contributed by atoms with Gasteiger partial charge in [-0.1, -0.05) is 17.7 Å². The Morgan fingerprint density at radius 2 is 1.71 bits per heavy atom. The maximum Gasteiger partial charge on any atom is 0.274 e. The van der Waals surface area contributed by atoms with E-state index in [4.69, 9.17) is 0 Å². The van der Waals surface area contributed by atoms with Crippen molar-refractivity contribution in [1.82, 2.24) is 14.9 Å². The van der Waals surface area contributed by atoms with E-state index in [9.17, 15) is 4.79 Å². The van der Waals surface area contributed by atoms with Crippen LogP contribution in [0.4, 0.5) is 11.5 Å². The minimum Gasteiger partial charge on any atom is -0.354 e. The fourth-order valence-electron chi connectivity index (χ4n) is 2.70. The van der Waals surface area contributed by atoms with Gasteiger partial charge in [0.05, 0.1) is 0 Å². The summed E-state index contributed by atoms with van der Waals surface area (Å²) in [6.07, 6.45) is 0. The number of aromatic nitrogens is 2. The molecular weight excluding hydrogens is 302 g/mol. The molecule has 6 heteroatoms. The summed E-state index contributed by atoms with van der Waals surface area (Å²) in [5.41, 5.74) is 2.32. The number of amides is 1. The zero-order valence-corrected chi connectivity index (χ0v) is 14.4. The molecule has 0 radical (unpaired) electrons. The van der Waals surface area contributed by atoms with E-state index in [0.717, 1.165) is 43.2 Å². The lowest BCUT2D eigenvalue weighted by Gasteiger charge is -2.33. The fraction of sp³-hybridized carbons (Fsp3) is 0.389. The Morgan fingerprint density at radius 3 is 2.38 bits per heavy atom. The van der Waals surface area contributed by atoms with Crippen molar-refractivity contribution in [3.63, 3.8) is 0 Å². The van der Waals surface area contributed by atoms with Crippen molar-refractivity contribution in [1.29, 1.82) is 0 Å². The summed E-state index contributed by atoms with van der Waals surface area (Å²) in [5.74, 6) is 1.23. The first kappa shape index (κ1) is 16.4. The molecular formula is C18H23N5O. The Kier molecular flexibility index (Phi) is 4.76. The quantitative estimate of drug-likeness (QED) is 0.936. The van der Waals surface area contributed by atoms with Crippen molar-refractivity contribution in [3.8, 4) is 0 Å². The Hall–Kier alpha value is -2.47. The maximum atomic E-state index is 12.5. The van der Waals surface area contributed by atoms with E-state index in [1.807, 2.05) is 38.1 Å². The van der Waals surface area contributed by atoms with Gasteiger partial charge in [0.2, 0.25) is 0 Å². The van der Waals surface area contributed by atoms with E-state index in [1.165, 1.54) is 0 Å². The maximum absolute atomic E-state index is 12.5. The van der Waals surface area contributed by atoms with Crippen molar-refractivity contribution in [3.05, 3.63) is 47.4 Å². The van der Waals surface area contributed by atoms with Gasteiger partial charge in [0, 0.05) is 37.9 Å². The largest absolute Gasteiger partial charge is 0.354 e. The van der Waals surface area contributed by atoms with Gasteiger partial charge in [0.1, 0.15) is 17.3 Å². The number of rotatable bonds is 3. The van der Waals surface area contributed by atoms with E-state index in [1.54, 1.807) is 6.07 Å². The highest BCUT2D eigenvalue weighted by Gasteiger charge is 2.18. The normalized spacial score (nSPS) is 15.4. The predicted octanol–water partition coefficient (Wildman–Crippen LogP) is 2.10. The molecule has 1 amide bonds. The van der Waals surface area contributed by atoms with Gasteiger partial charge in [0.25, 0.3) is 5.91 Å². The molecule has 2 aromatic rings. The van der Waals surface area contributed by atoms with Gasteiger partial charge in [-0.05, 0) is 33.0 Å². The number of nitrogens with zero attached hydrogens (tertiary/aromatic N) is 4. The van der Waals surface area contributed by atoms with Crippen molar-refractivity contribution >= 4 is 17.4 Å². The summed E-state index contributed by atoms with van der Waals surface area (Å²) in [7, 11) is 2.11. The highest BCUT2D eigenvalue weighted by Crippen LogP contribution is 2.16. The van der Waals surface area contributed by atoms with Gasteiger partial charge >= 0.3 is 0 Å². The van der Waals surface area contributed by atoms with Gasteiger partial charge in [-0.2, -0.15) is 0 Å². The number of hydrogen-bond donors (Lipinski definition) is 1. The summed E-state index contributed by atoms with van der Waals surface area (Å²) in [4.78, 5) is 25.8. The van der Waals surface area contributed by atoms with Gasteiger partial charge in [-0.25, -0.2) is 9.97 Å². The average Bonchev–Trinajstić information content (AvgIpc) is 2.57. The Balaban J connectivity index is 1.77. The number of benzene rings is 1. The Morgan fingerprint density at radius 1 is 1.04 bits per heavy atom. The molecule has 1 aromatic carbocycles. The molecule has 1 aliphatic heterocycles. The minimum absolute atomic E-state index is 0.209. The Bertz CT molecular complexity index is 721. The van der Waals surface area contributed by atoms with E-state index in [-0.39, 0.29) is 5.91 Å². The van der Waals surface area contributed by atoms with Crippen LogP contribution in [0.2, 0.25) is 0 Å². The van der Waals surface area contributed by atoms with Crippen LogP contribution in [-0.2, 0) is 0 Å². The highest BCUT2D eigenvalue weighted by atomic mass is 16.1. The number of aryl methyl sites for hydroxylation is 2. The lowest BCUT2D eigenvalue weighted by Crippen LogP contribution is -2.45. The summed E-state index contributed by atoms with van der Waals surface area (Å²) < 4.78 is 0. The van der Waals surface area contributed by atoms with Crippen molar-refractivity contribution in [2.75, 3.05) is 43.4 Å². The lowest BCUT2D eigenvalue weighted by molar-refractivity contribution is 0.102. The second-order valence-electron chi connectivity index (χ2n) is 6.27. The van der Waals surface area contributed by atoms with Crippen LogP contribution in [0.1, 0.15) is 21.9 Å². The van der Waals surface area contributed by atoms with Crippen LogP contribution in [0, 0.1) is 13.8 Å². The zero-order valence-electron chi connectivity index (χ0n) is 14.4. The molecule has 126 valence electrons. The number of carbonyl (C=O) groups excluding carboxylic acids is 1. The summed E-state index contributed by atoms with van der Waals surface area (Å²) in [6.45, 7) is 7.64. The molecule has 0 spiro atoms. The number of likely N-dealkylation sites (N-methyl/N-ethyl adjacent to an activating group) is 1. The van der Waals surface area contributed by atoms with Crippen LogP contribution in [0.15, 0.2) is 30.3 Å². The standard InChI is InChI=1S/C18H23N5O/c1-13-4-6-15(7-5-13)21-18(24)16-12-17(20-14(2)19-16)23-10-8-22(3)9-11-23/h4-7,12H,8-11H2,1-3H3,(H,21,24). The van der Waals surface area contributed by atoms with Crippen molar-refractivity contribution in [2.24, 2.45) is 0 Å². The molecule has 0 unspecified atom stereocenters. The first-order valence-corrected chi connectivity index (χ1v) is 8.18. The van der Waals surface area contributed by atoms with E-state index in [0.29, 0.717) is 11.5 Å². The molecule has 2 heterocycles. The molecule has 0 atom stereocenters. The summed E-state index contributed by atoms with van der Waals surface area (Å²) >= 11 is 0. The second kappa shape index (κ2) is 6.97. The second-order valence-corrected chi connectivity index (χ2v) is 6.27. The number of nitrogens with one attached hydrogen (secondary N) is 1. The van der Waals surface area contributed by atoms with E-state index < -0.39 is 0 Å². The lowest BCUT2D eigenvalue weighted by atomic mass is 10.2. The van der Waals surface area contributed by atoms with Crippen LogP contribution in [0.5, 0.6) is 0 Å². The fourth-order valence-corrected chi connectivity index (χ4v) is 2.70. The van der Waals surface area contributed by atoms with Crippen LogP contribution < -0.4 is 10.2 Å². The first-order valence-electron chi connectivity index (χ1n) is 8.18. The van der Waals surface area contributed by atoms with Gasteiger partial charge < -0.3 is 15.1 Å². The monoisotopic (exact) mass is 325 g/mol. The highest BCUT2D eigenvalue weighted by molar-refractivity contribution is 6.03. The molecule has 6 nitrogen and oxygen atoms in total. The van der Waals surface area contributed by atoms with Crippen LogP contribution in [0.3, 0.4) is 0 Å². The third-order valence-electron chi connectivity index (χ3n) is 4.19. The molecule has 1 aromatic heterocycles. The van der Waals surface area contributed by atoms with Crippen LogP contribution in [-0.4, -0.2) is 54.0 Å². The minimum atomic E-state index is -0.209. The number of carbonyl (C=O) groups is 1. The third kappa shape index (κ3) is 3.89. The van der Waals surface area contributed by atoms with Gasteiger partial charge in [0.15, 0.2) is 0 Å². The average molecular weight is 325 g/mol. The third-order valence-corrected chi connectivity index (χ3v) is 4.19. The molecule has 1 aliphatic rings. The van der Waals surface area contributed by atoms with Gasteiger partial charge in [-0.3, -0.25) is 4.79 Å². The SMILES string of the molecule is Cc1ccc(NC(=O)c2cc(N3CCN(C)CC3)nc(C)n2)cc1. The topological polar surface area (TPSA) is 61.4 Å². The Labute approximate surface area is 142 Å². The predicted molar refractivity (Wildman–Crippen MR) is 95.6 cm³/mol. The number of hydrogen-bond acceptors (Lipinski definition) is 5. The summed E-state index contributed by atoms with van der Waals surface area (Å²) in [6, 6.07) is 9.50. The molecule has 1 saturated heterocycles. The molecule has 0 saturated carbocycles. The van der Waals surface area contributed by atoms with E-state index >= 15 is 0 Å². The molecule has 0 aliphatic carbocycles. The zero-order chi connectivity index (χ0) is 17.1. The molecule has 3 rings (SSSR count). The van der Waals surface area contributed by atoms with Crippen molar-refractivity contribution in [2.45, 2.75) is 13.8 Å². The van der Waals surface area contributed by atoms with Crippen LogP contribution >= 0.6 is 0 Å². The number of piperazine rings is 1. The smallest absolute Gasteiger partial charge is 0.274 e. The molecule has 1 N–H and O–H groups in total. The van der Waals surface area contributed by atoms with Crippen LogP contribution in [0.25, 0.3) is 0 Å². The molecule has 1 fully saturated rings.